The van der Waals surface area contributed by atoms with Crippen molar-refractivity contribution in [3.05, 3.63) is 48.0 Å². The number of nitrogens with one attached hydrogen (secondary N) is 2. The highest BCUT2D eigenvalue weighted by Crippen LogP contribution is 2.24. The van der Waals surface area contributed by atoms with E-state index in [0.29, 0.717) is 12.6 Å². The van der Waals surface area contributed by atoms with Gasteiger partial charge in [0.05, 0.1) is 6.04 Å². The summed E-state index contributed by atoms with van der Waals surface area (Å²) in [6.07, 6.45) is 4.26. The first kappa shape index (κ1) is 21.6. The van der Waals surface area contributed by atoms with Crippen LogP contribution in [0.1, 0.15) is 37.2 Å². The second-order valence-electron chi connectivity index (χ2n) is 6.60. The van der Waals surface area contributed by atoms with Crippen LogP contribution >= 0.6 is 24.0 Å². The van der Waals surface area contributed by atoms with Gasteiger partial charge in [-0.25, -0.2) is 4.99 Å². The van der Waals surface area contributed by atoms with E-state index in [1.807, 2.05) is 11.6 Å². The van der Waals surface area contributed by atoms with Gasteiger partial charge in [-0.2, -0.15) is 0 Å². The van der Waals surface area contributed by atoms with Gasteiger partial charge in [-0.05, 0) is 38.4 Å². The molecule has 0 saturated carbocycles. The van der Waals surface area contributed by atoms with Gasteiger partial charge in [0, 0.05) is 20.1 Å². The van der Waals surface area contributed by atoms with Gasteiger partial charge >= 0.3 is 0 Å². The van der Waals surface area contributed by atoms with Gasteiger partial charge in [0.1, 0.15) is 12.9 Å². The van der Waals surface area contributed by atoms with Crippen LogP contribution in [-0.4, -0.2) is 51.8 Å². The van der Waals surface area contributed by atoms with Gasteiger partial charge < -0.3 is 15.2 Å². The van der Waals surface area contributed by atoms with Crippen LogP contribution in [-0.2, 0) is 13.6 Å². The Kier molecular flexibility index (Phi) is 8.99. The fourth-order valence-corrected chi connectivity index (χ4v) is 3.32. The minimum Gasteiger partial charge on any atom is -0.357 e. The minimum atomic E-state index is 0. The summed E-state index contributed by atoms with van der Waals surface area (Å²) in [5.41, 5.74) is 1.35. The van der Waals surface area contributed by atoms with Gasteiger partial charge in [0.15, 0.2) is 11.8 Å². The number of nitrogens with zero attached hydrogens (tertiary/aromatic N) is 5. The quantitative estimate of drug-likeness (QED) is 0.360. The Bertz CT molecular complexity index is 695. The number of hydrogen-bond donors (Lipinski definition) is 2. The molecular formula is C19H30IN7. The van der Waals surface area contributed by atoms with E-state index in [-0.39, 0.29) is 24.0 Å². The zero-order chi connectivity index (χ0) is 18.2. The van der Waals surface area contributed by atoms with E-state index in [1.54, 1.807) is 6.33 Å². The monoisotopic (exact) mass is 483 g/mol. The van der Waals surface area contributed by atoms with Crippen molar-refractivity contribution in [1.29, 1.82) is 0 Å². The molecule has 0 amide bonds. The standard InChI is InChI=1S/C19H29N7.HI/c1-3-20-19(22-14-18-24-23-15-25(18)2)21-13-17(26-11-7-8-12-26)16-9-5-4-6-10-16;/h4-6,9-10,15,17H,3,7-8,11-14H2,1-2H3,(H2,20,21,22);1H. The molecule has 1 fully saturated rings. The van der Waals surface area contributed by atoms with Gasteiger partial charge in [-0.3, -0.25) is 4.90 Å². The van der Waals surface area contributed by atoms with Crippen molar-refractivity contribution in [3.8, 4) is 0 Å². The van der Waals surface area contributed by atoms with Gasteiger partial charge in [0.2, 0.25) is 0 Å². The number of benzene rings is 1. The number of hydrogen-bond acceptors (Lipinski definition) is 4. The summed E-state index contributed by atoms with van der Waals surface area (Å²) < 4.78 is 1.89. The Morgan fingerprint density at radius 3 is 2.56 bits per heavy atom. The molecule has 1 saturated heterocycles. The van der Waals surface area contributed by atoms with Crippen LogP contribution in [0.4, 0.5) is 0 Å². The second-order valence-corrected chi connectivity index (χ2v) is 6.60. The number of guanidine groups is 1. The molecule has 0 radical (unpaired) electrons. The molecule has 2 aromatic rings. The van der Waals surface area contributed by atoms with Gasteiger partial charge in [-0.1, -0.05) is 30.3 Å². The summed E-state index contributed by atoms with van der Waals surface area (Å²) in [5, 5.41) is 14.8. The van der Waals surface area contributed by atoms with Crippen LogP contribution in [0.5, 0.6) is 0 Å². The van der Waals surface area contributed by atoms with Crippen molar-refractivity contribution in [3.63, 3.8) is 0 Å². The zero-order valence-corrected chi connectivity index (χ0v) is 18.5. The number of rotatable bonds is 7. The molecule has 1 aromatic carbocycles. The highest BCUT2D eigenvalue weighted by atomic mass is 127. The third kappa shape index (κ3) is 6.17. The molecule has 27 heavy (non-hydrogen) atoms. The Morgan fingerprint density at radius 2 is 1.93 bits per heavy atom. The maximum atomic E-state index is 4.66. The maximum Gasteiger partial charge on any atom is 0.191 e. The Balaban J connectivity index is 0.00000261. The fraction of sp³-hybridized carbons (Fsp3) is 0.526. The summed E-state index contributed by atoms with van der Waals surface area (Å²) in [5.74, 6) is 1.66. The summed E-state index contributed by atoms with van der Waals surface area (Å²) in [6, 6.07) is 11.1. The van der Waals surface area contributed by atoms with E-state index in [2.05, 4.69) is 68.0 Å². The first-order valence-corrected chi connectivity index (χ1v) is 9.42. The number of aryl methyl sites for hydroxylation is 1. The molecule has 148 valence electrons. The van der Waals surface area contributed by atoms with Crippen LogP contribution in [0.3, 0.4) is 0 Å². The average Bonchev–Trinajstić information content (AvgIpc) is 3.33. The SMILES string of the molecule is CCNC(=NCc1nncn1C)NCC(c1ccccc1)N1CCCC1.I. The molecule has 0 aliphatic carbocycles. The highest BCUT2D eigenvalue weighted by Gasteiger charge is 2.23. The largest absolute Gasteiger partial charge is 0.357 e. The first-order chi connectivity index (χ1) is 12.8. The number of likely N-dealkylation sites (tertiary alicyclic amines) is 1. The third-order valence-electron chi connectivity index (χ3n) is 4.76. The molecule has 2 N–H and O–H groups in total. The molecule has 8 heteroatoms. The Morgan fingerprint density at radius 1 is 1.19 bits per heavy atom. The molecule has 1 aromatic heterocycles. The highest BCUT2D eigenvalue weighted by molar-refractivity contribution is 14.0. The van der Waals surface area contributed by atoms with E-state index < -0.39 is 0 Å². The van der Waals surface area contributed by atoms with Crippen molar-refractivity contribution in [2.75, 3.05) is 26.2 Å². The lowest BCUT2D eigenvalue weighted by Gasteiger charge is -2.29. The maximum absolute atomic E-state index is 4.66. The van der Waals surface area contributed by atoms with E-state index in [0.717, 1.165) is 38.0 Å². The summed E-state index contributed by atoms with van der Waals surface area (Å²) in [7, 11) is 1.93. The molecule has 0 spiro atoms. The lowest BCUT2D eigenvalue weighted by atomic mass is 10.1. The van der Waals surface area contributed by atoms with E-state index >= 15 is 0 Å². The topological polar surface area (TPSA) is 70.4 Å². The van der Waals surface area contributed by atoms with Crippen LogP contribution in [0.15, 0.2) is 41.7 Å². The molecule has 2 heterocycles. The van der Waals surface area contributed by atoms with Crippen molar-refractivity contribution >= 4 is 29.9 Å². The number of aliphatic imine (C=N–C) groups is 1. The average molecular weight is 483 g/mol. The normalized spacial score (nSPS) is 16.0. The summed E-state index contributed by atoms with van der Waals surface area (Å²) >= 11 is 0. The molecule has 0 bridgehead atoms. The molecule has 1 atom stereocenters. The molecule has 1 aliphatic rings. The lowest BCUT2D eigenvalue weighted by molar-refractivity contribution is 0.245. The summed E-state index contributed by atoms with van der Waals surface area (Å²) in [4.78, 5) is 7.23. The predicted octanol–water partition coefficient (Wildman–Crippen LogP) is 2.33. The summed E-state index contributed by atoms with van der Waals surface area (Å²) in [6.45, 7) is 6.56. The number of halogens is 1. The number of aromatic nitrogens is 3. The van der Waals surface area contributed by atoms with Gasteiger partial charge in [0.25, 0.3) is 0 Å². The molecule has 1 unspecified atom stereocenters. The minimum absolute atomic E-state index is 0. The first-order valence-electron chi connectivity index (χ1n) is 9.42. The Hall–Kier alpha value is -1.68. The molecule has 7 nitrogen and oxygen atoms in total. The van der Waals surface area contributed by atoms with Crippen LogP contribution in [0.25, 0.3) is 0 Å². The van der Waals surface area contributed by atoms with Gasteiger partial charge in [-0.15, -0.1) is 34.2 Å². The smallest absolute Gasteiger partial charge is 0.191 e. The lowest BCUT2D eigenvalue weighted by Crippen LogP contribution is -2.42. The second kappa shape index (κ2) is 11.2. The Labute approximate surface area is 178 Å². The van der Waals surface area contributed by atoms with E-state index in [1.165, 1.54) is 18.4 Å². The van der Waals surface area contributed by atoms with E-state index in [4.69, 9.17) is 0 Å². The third-order valence-corrected chi connectivity index (χ3v) is 4.76. The fourth-order valence-electron chi connectivity index (χ4n) is 3.32. The van der Waals surface area contributed by atoms with Crippen molar-refractivity contribution in [2.24, 2.45) is 12.0 Å². The molecular weight excluding hydrogens is 453 g/mol. The van der Waals surface area contributed by atoms with Crippen LogP contribution < -0.4 is 10.6 Å². The van der Waals surface area contributed by atoms with E-state index in [9.17, 15) is 0 Å². The van der Waals surface area contributed by atoms with Crippen LogP contribution in [0, 0.1) is 0 Å². The van der Waals surface area contributed by atoms with Crippen molar-refractivity contribution < 1.29 is 0 Å². The van der Waals surface area contributed by atoms with Crippen molar-refractivity contribution in [2.45, 2.75) is 32.4 Å². The van der Waals surface area contributed by atoms with Crippen LogP contribution in [0.2, 0.25) is 0 Å². The zero-order valence-electron chi connectivity index (χ0n) is 16.1. The predicted molar refractivity (Wildman–Crippen MR) is 119 cm³/mol. The van der Waals surface area contributed by atoms with Crippen molar-refractivity contribution in [1.82, 2.24) is 30.3 Å². The molecule has 1 aliphatic heterocycles. The molecule has 3 rings (SSSR count).